The molecule has 0 aliphatic carbocycles. The van der Waals surface area contributed by atoms with Gasteiger partial charge in [-0.3, -0.25) is 0 Å². The fraction of sp³-hybridized carbons (Fsp3) is 0.188. The normalized spacial score (nSPS) is 10.2. The lowest BCUT2D eigenvalue weighted by Crippen LogP contribution is -2.30. The van der Waals surface area contributed by atoms with Crippen molar-refractivity contribution in [1.29, 1.82) is 0 Å². The lowest BCUT2D eigenvalue weighted by Gasteiger charge is -2.18. The number of hydrogen-bond donors (Lipinski definition) is 1. The standard InChI is InChI=1S/C16H16ClFN2O2/c1-20(10-11-3-8-15(22-2)14(18)9-11)16(21)19-13-6-4-12(17)5-7-13/h3-9H,10H2,1-2H3,(H,19,21). The Bertz CT molecular complexity index is 662. The minimum Gasteiger partial charge on any atom is -0.494 e. The summed E-state index contributed by atoms with van der Waals surface area (Å²) in [7, 11) is 3.04. The zero-order valence-corrected chi connectivity index (χ0v) is 13.0. The summed E-state index contributed by atoms with van der Waals surface area (Å²) in [6.45, 7) is 0.278. The first-order valence-corrected chi connectivity index (χ1v) is 6.97. The molecule has 2 amide bonds. The molecule has 4 nitrogen and oxygen atoms in total. The lowest BCUT2D eigenvalue weighted by molar-refractivity contribution is 0.220. The van der Waals surface area contributed by atoms with Gasteiger partial charge in [0.05, 0.1) is 7.11 Å². The number of carbonyl (C=O) groups is 1. The fourth-order valence-corrected chi connectivity index (χ4v) is 2.03. The molecule has 0 saturated carbocycles. The highest BCUT2D eigenvalue weighted by molar-refractivity contribution is 6.30. The molecule has 0 heterocycles. The predicted molar refractivity (Wildman–Crippen MR) is 84.9 cm³/mol. The molecule has 116 valence electrons. The van der Waals surface area contributed by atoms with Crippen LogP contribution in [0.25, 0.3) is 0 Å². The van der Waals surface area contributed by atoms with Crippen LogP contribution >= 0.6 is 11.6 Å². The number of urea groups is 1. The molecule has 0 aliphatic heterocycles. The Hall–Kier alpha value is -2.27. The van der Waals surface area contributed by atoms with Gasteiger partial charge < -0.3 is 15.0 Å². The first-order valence-electron chi connectivity index (χ1n) is 6.59. The van der Waals surface area contributed by atoms with E-state index in [1.807, 2.05) is 0 Å². The van der Waals surface area contributed by atoms with Gasteiger partial charge >= 0.3 is 6.03 Å². The zero-order chi connectivity index (χ0) is 16.1. The van der Waals surface area contributed by atoms with Crippen molar-refractivity contribution in [2.45, 2.75) is 6.54 Å². The maximum Gasteiger partial charge on any atom is 0.321 e. The second-order valence-electron chi connectivity index (χ2n) is 4.76. The summed E-state index contributed by atoms with van der Waals surface area (Å²) in [4.78, 5) is 13.5. The van der Waals surface area contributed by atoms with Crippen LogP contribution < -0.4 is 10.1 Å². The van der Waals surface area contributed by atoms with Crippen LogP contribution in [0.2, 0.25) is 5.02 Å². The number of hydrogen-bond acceptors (Lipinski definition) is 2. The number of carbonyl (C=O) groups excluding carboxylic acids is 1. The van der Waals surface area contributed by atoms with Crippen molar-refractivity contribution in [3.8, 4) is 5.75 Å². The van der Waals surface area contributed by atoms with Crippen LogP contribution in [-0.2, 0) is 6.54 Å². The highest BCUT2D eigenvalue weighted by atomic mass is 35.5. The van der Waals surface area contributed by atoms with Gasteiger partial charge in [0, 0.05) is 24.3 Å². The summed E-state index contributed by atoms with van der Waals surface area (Å²) in [6.07, 6.45) is 0. The van der Waals surface area contributed by atoms with Crippen LogP contribution in [0.4, 0.5) is 14.9 Å². The van der Waals surface area contributed by atoms with E-state index in [0.29, 0.717) is 16.3 Å². The number of halogens is 2. The fourth-order valence-electron chi connectivity index (χ4n) is 1.91. The van der Waals surface area contributed by atoms with Gasteiger partial charge in [0.2, 0.25) is 0 Å². The van der Waals surface area contributed by atoms with Crippen LogP contribution in [-0.4, -0.2) is 25.1 Å². The minimum absolute atomic E-state index is 0.178. The molecule has 0 bridgehead atoms. The molecule has 2 aromatic carbocycles. The summed E-state index contributed by atoms with van der Waals surface area (Å²) in [6, 6.07) is 11.1. The van der Waals surface area contributed by atoms with E-state index in [-0.39, 0.29) is 18.3 Å². The molecule has 1 N–H and O–H groups in total. The van der Waals surface area contributed by atoms with Crippen molar-refractivity contribution in [2.24, 2.45) is 0 Å². The van der Waals surface area contributed by atoms with Crippen molar-refractivity contribution in [1.82, 2.24) is 4.90 Å². The summed E-state index contributed by atoms with van der Waals surface area (Å²) < 4.78 is 18.5. The maximum absolute atomic E-state index is 13.6. The van der Waals surface area contributed by atoms with Gasteiger partial charge in [0.25, 0.3) is 0 Å². The number of nitrogens with one attached hydrogen (secondary N) is 1. The molecule has 22 heavy (non-hydrogen) atoms. The van der Waals surface area contributed by atoms with E-state index in [9.17, 15) is 9.18 Å². The predicted octanol–water partition coefficient (Wildman–Crippen LogP) is 4.15. The highest BCUT2D eigenvalue weighted by Gasteiger charge is 2.11. The van der Waals surface area contributed by atoms with Crippen LogP contribution in [0.3, 0.4) is 0 Å². The number of nitrogens with zero attached hydrogens (tertiary/aromatic N) is 1. The monoisotopic (exact) mass is 322 g/mol. The van der Waals surface area contributed by atoms with Gasteiger partial charge in [-0.25, -0.2) is 9.18 Å². The average molecular weight is 323 g/mol. The topological polar surface area (TPSA) is 41.6 Å². The van der Waals surface area contributed by atoms with E-state index in [4.69, 9.17) is 16.3 Å². The first kappa shape index (κ1) is 16.1. The number of benzene rings is 2. The van der Waals surface area contributed by atoms with Crippen LogP contribution in [0.15, 0.2) is 42.5 Å². The zero-order valence-electron chi connectivity index (χ0n) is 12.3. The van der Waals surface area contributed by atoms with Crippen LogP contribution in [0.5, 0.6) is 5.75 Å². The molecule has 0 atom stereocenters. The summed E-state index contributed by atoms with van der Waals surface area (Å²) >= 11 is 5.79. The molecule has 0 aliphatic rings. The molecule has 2 aromatic rings. The second-order valence-corrected chi connectivity index (χ2v) is 5.20. The first-order chi connectivity index (χ1) is 10.5. The van der Waals surface area contributed by atoms with Gasteiger partial charge in [-0.05, 0) is 42.0 Å². The third-order valence-corrected chi connectivity index (χ3v) is 3.33. The number of methoxy groups -OCH3 is 1. The van der Waals surface area contributed by atoms with E-state index in [2.05, 4.69) is 5.32 Å². The number of amides is 2. The molecular formula is C16H16ClFN2O2. The van der Waals surface area contributed by atoms with E-state index < -0.39 is 5.82 Å². The van der Waals surface area contributed by atoms with Gasteiger partial charge in [-0.15, -0.1) is 0 Å². The third kappa shape index (κ3) is 4.11. The summed E-state index contributed by atoms with van der Waals surface area (Å²) in [5.74, 6) is -0.275. The molecule has 0 aromatic heterocycles. The molecule has 0 saturated heterocycles. The van der Waals surface area contributed by atoms with E-state index >= 15 is 0 Å². The highest BCUT2D eigenvalue weighted by Crippen LogP contribution is 2.19. The molecular weight excluding hydrogens is 307 g/mol. The lowest BCUT2D eigenvalue weighted by atomic mass is 10.2. The summed E-state index contributed by atoms with van der Waals surface area (Å²) in [5, 5.41) is 3.33. The largest absolute Gasteiger partial charge is 0.494 e. The molecule has 6 heteroatoms. The van der Waals surface area contributed by atoms with E-state index in [0.717, 1.165) is 0 Å². The quantitative estimate of drug-likeness (QED) is 0.918. The SMILES string of the molecule is COc1ccc(CN(C)C(=O)Nc2ccc(Cl)cc2)cc1F. The molecule has 0 spiro atoms. The van der Waals surface area contributed by atoms with Crippen molar-refractivity contribution in [3.05, 3.63) is 58.9 Å². The second kappa shape index (κ2) is 7.13. The Morgan fingerprint density at radius 3 is 2.55 bits per heavy atom. The number of ether oxygens (including phenoxy) is 1. The van der Waals surface area contributed by atoms with Crippen molar-refractivity contribution >= 4 is 23.3 Å². The van der Waals surface area contributed by atoms with E-state index in [1.54, 1.807) is 37.4 Å². The molecule has 0 radical (unpaired) electrons. The van der Waals surface area contributed by atoms with Gasteiger partial charge in [0.1, 0.15) is 0 Å². The van der Waals surface area contributed by atoms with Crippen molar-refractivity contribution in [2.75, 3.05) is 19.5 Å². The summed E-state index contributed by atoms with van der Waals surface area (Å²) in [5.41, 5.74) is 1.31. The Morgan fingerprint density at radius 1 is 1.27 bits per heavy atom. The maximum atomic E-state index is 13.6. The number of anilines is 1. The molecule has 2 rings (SSSR count). The molecule has 0 unspecified atom stereocenters. The van der Waals surface area contributed by atoms with Crippen molar-refractivity contribution < 1.29 is 13.9 Å². The average Bonchev–Trinajstić information content (AvgIpc) is 2.49. The van der Waals surface area contributed by atoms with Gasteiger partial charge in [-0.2, -0.15) is 0 Å². The molecule has 0 fully saturated rings. The van der Waals surface area contributed by atoms with Crippen molar-refractivity contribution in [3.63, 3.8) is 0 Å². The van der Waals surface area contributed by atoms with E-state index in [1.165, 1.54) is 24.1 Å². The Morgan fingerprint density at radius 2 is 1.95 bits per heavy atom. The van der Waals surface area contributed by atoms with Crippen LogP contribution in [0, 0.1) is 5.82 Å². The van der Waals surface area contributed by atoms with Crippen LogP contribution in [0.1, 0.15) is 5.56 Å². The third-order valence-electron chi connectivity index (χ3n) is 3.08. The Balaban J connectivity index is 1.99. The Kier molecular flexibility index (Phi) is 5.22. The number of rotatable bonds is 4. The van der Waals surface area contributed by atoms with Gasteiger partial charge in [-0.1, -0.05) is 17.7 Å². The smallest absolute Gasteiger partial charge is 0.321 e. The minimum atomic E-state index is -0.452. The Labute approximate surface area is 133 Å². The van der Waals surface area contributed by atoms with Gasteiger partial charge in [0.15, 0.2) is 11.6 Å².